The number of sulfonamides is 1. The molecular weight excluding hydrogens is 690 g/mol. The van der Waals surface area contributed by atoms with E-state index in [1.54, 1.807) is 11.8 Å². The highest BCUT2D eigenvalue weighted by Crippen LogP contribution is 2.47. The summed E-state index contributed by atoms with van der Waals surface area (Å²) >= 11 is 0. The maximum absolute atomic E-state index is 13.9. The Bertz CT molecular complexity index is 1680. The summed E-state index contributed by atoms with van der Waals surface area (Å²) in [6.07, 6.45) is 7.40. The molecule has 15 heteroatoms. The van der Waals surface area contributed by atoms with Crippen LogP contribution in [-0.2, 0) is 51.8 Å². The third-order valence-corrected chi connectivity index (χ3v) is 12.5. The number of ether oxygens (including phenoxy) is 2. The van der Waals surface area contributed by atoms with Gasteiger partial charge in [0, 0.05) is 32.4 Å². The van der Waals surface area contributed by atoms with Crippen molar-refractivity contribution in [3.8, 4) is 0 Å². The van der Waals surface area contributed by atoms with Crippen LogP contribution in [0.2, 0.25) is 0 Å². The summed E-state index contributed by atoms with van der Waals surface area (Å²) in [4.78, 5) is 67.3. The number of nitrogens with two attached hydrogens (primary N) is 1. The van der Waals surface area contributed by atoms with Gasteiger partial charge in [0.25, 0.3) is 5.91 Å². The Hall–Kier alpha value is -3.98. The Morgan fingerprint density at radius 1 is 1.04 bits per heavy atom. The van der Waals surface area contributed by atoms with Crippen molar-refractivity contribution < 1.29 is 41.9 Å². The van der Waals surface area contributed by atoms with Crippen molar-refractivity contribution in [1.82, 2.24) is 19.8 Å². The van der Waals surface area contributed by atoms with E-state index in [-0.39, 0.29) is 31.0 Å². The number of hydrogen-bond acceptors (Lipinski definition) is 10. The van der Waals surface area contributed by atoms with Gasteiger partial charge in [0.15, 0.2) is 0 Å². The minimum absolute atomic E-state index is 0.00753. The van der Waals surface area contributed by atoms with Gasteiger partial charge in [-0.15, -0.1) is 0 Å². The second-order valence-electron chi connectivity index (χ2n) is 15.9. The molecule has 2 aliphatic carbocycles. The molecule has 6 rings (SSSR count). The number of hydrogen-bond donors (Lipinski definition) is 3. The predicted octanol–water partition coefficient (Wildman–Crippen LogP) is 3.18. The van der Waals surface area contributed by atoms with Gasteiger partial charge in [-0.25, -0.2) is 13.2 Å². The number of rotatable bonds is 4. The summed E-state index contributed by atoms with van der Waals surface area (Å²) in [5, 5.41) is 2.83. The predicted molar refractivity (Wildman–Crippen MR) is 191 cm³/mol. The van der Waals surface area contributed by atoms with Crippen LogP contribution in [0.4, 0.5) is 4.79 Å². The molecule has 4 N–H and O–H groups in total. The largest absolute Gasteiger partial charge is 0.460 e. The van der Waals surface area contributed by atoms with Crippen LogP contribution in [0.25, 0.3) is 0 Å². The fourth-order valence-corrected chi connectivity index (χ4v) is 8.26. The molecule has 14 nitrogen and oxygen atoms in total. The first-order valence-corrected chi connectivity index (χ1v) is 19.7. The van der Waals surface area contributed by atoms with Gasteiger partial charge in [0.1, 0.15) is 23.3 Å². The van der Waals surface area contributed by atoms with E-state index in [1.165, 1.54) is 11.8 Å². The molecule has 4 amide bonds. The molecular formula is C37H53N5O9S. The van der Waals surface area contributed by atoms with Crippen molar-refractivity contribution in [3.05, 3.63) is 47.5 Å². The van der Waals surface area contributed by atoms with Gasteiger partial charge < -0.3 is 25.4 Å². The highest BCUT2D eigenvalue weighted by molar-refractivity contribution is 7.91. The minimum Gasteiger partial charge on any atom is -0.460 e. The molecule has 5 atom stereocenters. The monoisotopic (exact) mass is 743 g/mol. The number of benzene rings is 1. The Kier molecular flexibility index (Phi) is 11.4. The molecule has 0 bridgehead atoms. The van der Waals surface area contributed by atoms with Crippen LogP contribution in [0.3, 0.4) is 0 Å². The van der Waals surface area contributed by atoms with Crippen LogP contribution in [0.15, 0.2) is 36.4 Å². The number of fused-ring (bicyclic) bond motifs is 3. The molecule has 52 heavy (non-hydrogen) atoms. The van der Waals surface area contributed by atoms with Crippen LogP contribution in [0, 0.1) is 5.92 Å². The lowest BCUT2D eigenvalue weighted by atomic mass is 10.1. The van der Waals surface area contributed by atoms with Crippen LogP contribution < -0.4 is 15.8 Å². The summed E-state index contributed by atoms with van der Waals surface area (Å²) in [5.74, 6) is -2.41. The molecule has 0 radical (unpaired) electrons. The highest BCUT2D eigenvalue weighted by atomic mass is 32.2. The summed E-state index contributed by atoms with van der Waals surface area (Å²) < 4.78 is 37.7. The topological polar surface area (TPSA) is 195 Å². The Morgan fingerprint density at radius 3 is 2.27 bits per heavy atom. The quantitative estimate of drug-likeness (QED) is 0.305. The fraction of sp³-hybridized carbons (Fsp3) is 0.649. The maximum Gasteiger partial charge on any atom is 0.410 e. The maximum atomic E-state index is 13.9. The van der Waals surface area contributed by atoms with E-state index in [0.29, 0.717) is 32.4 Å². The molecule has 5 aliphatic rings. The van der Waals surface area contributed by atoms with E-state index in [2.05, 4.69) is 10.0 Å². The van der Waals surface area contributed by atoms with Crippen molar-refractivity contribution in [3.63, 3.8) is 0 Å². The van der Waals surface area contributed by atoms with Crippen molar-refractivity contribution in [1.29, 1.82) is 0 Å². The van der Waals surface area contributed by atoms with Gasteiger partial charge in [0.2, 0.25) is 21.8 Å². The molecule has 286 valence electrons. The van der Waals surface area contributed by atoms with E-state index in [1.807, 2.05) is 57.2 Å². The summed E-state index contributed by atoms with van der Waals surface area (Å²) in [6, 6.07) is 5.88. The minimum atomic E-state index is -3.93. The van der Waals surface area contributed by atoms with Crippen LogP contribution in [-0.4, -0.2) is 88.6 Å². The zero-order valence-corrected chi connectivity index (χ0v) is 31.6. The van der Waals surface area contributed by atoms with Crippen molar-refractivity contribution >= 4 is 39.8 Å². The molecule has 3 aliphatic heterocycles. The zero-order chi connectivity index (χ0) is 38.1. The van der Waals surface area contributed by atoms with Gasteiger partial charge in [-0.1, -0.05) is 49.3 Å². The van der Waals surface area contributed by atoms with Crippen molar-refractivity contribution in [2.45, 2.75) is 140 Å². The molecule has 3 heterocycles. The van der Waals surface area contributed by atoms with E-state index in [0.717, 1.165) is 36.8 Å². The Labute approximate surface area is 306 Å². The van der Waals surface area contributed by atoms with E-state index in [9.17, 15) is 32.4 Å². The molecule has 0 unspecified atom stereocenters. The number of nitrogens with one attached hydrogen (secondary N) is 2. The second-order valence-corrected chi connectivity index (χ2v) is 18.1. The highest BCUT2D eigenvalue weighted by Gasteiger charge is 2.63. The average Bonchev–Trinajstić information content (AvgIpc) is 3.85. The van der Waals surface area contributed by atoms with Crippen molar-refractivity contribution in [2.24, 2.45) is 11.7 Å². The fourth-order valence-electron chi connectivity index (χ4n) is 6.95. The number of esters is 1. The summed E-state index contributed by atoms with van der Waals surface area (Å²) in [5.41, 5.74) is 6.59. The molecule has 0 aromatic heterocycles. The first kappa shape index (κ1) is 39.2. The number of allylic oxidation sites excluding steroid dienone is 1. The molecule has 1 aromatic rings. The Balaban J connectivity index is 0.000000587. The van der Waals surface area contributed by atoms with Gasteiger partial charge in [-0.2, -0.15) is 0 Å². The Morgan fingerprint density at radius 2 is 1.69 bits per heavy atom. The van der Waals surface area contributed by atoms with Gasteiger partial charge in [0.05, 0.1) is 17.3 Å². The smallest absolute Gasteiger partial charge is 0.410 e. The first-order valence-electron chi connectivity index (χ1n) is 18.2. The number of carbonyl (C=O) groups excluding carboxylic acids is 5. The van der Waals surface area contributed by atoms with E-state index < -0.39 is 68.2 Å². The lowest BCUT2D eigenvalue weighted by Crippen LogP contribution is -2.58. The molecule has 1 aromatic carbocycles. The van der Waals surface area contributed by atoms with Crippen LogP contribution >= 0.6 is 0 Å². The van der Waals surface area contributed by atoms with E-state index >= 15 is 0 Å². The SMILES string of the molecule is CC(=O)OC(C)(C)C.CC1(S(=O)(=O)NC(=O)[C@@]23C[C@H]2/C=C\CCCCC[C@H](N)C(=O)N2C[C@H](OC(=O)N4Cc5ccccc5C4)C[C@H]2C(=O)N3)CC1. The number of carbonyl (C=O) groups is 5. The lowest BCUT2D eigenvalue weighted by Gasteiger charge is -2.28. The summed E-state index contributed by atoms with van der Waals surface area (Å²) in [6.45, 7) is 9.34. The third kappa shape index (κ3) is 9.14. The van der Waals surface area contributed by atoms with Gasteiger partial charge in [-0.05, 0) is 77.3 Å². The molecule has 2 saturated carbocycles. The number of amides is 4. The lowest BCUT2D eigenvalue weighted by molar-refractivity contribution is -0.152. The number of nitrogens with zero attached hydrogens (tertiary/aromatic N) is 2. The van der Waals surface area contributed by atoms with Gasteiger partial charge >= 0.3 is 12.1 Å². The zero-order valence-electron chi connectivity index (χ0n) is 30.8. The third-order valence-electron chi connectivity index (χ3n) is 10.3. The first-order chi connectivity index (χ1) is 24.3. The van der Waals surface area contributed by atoms with E-state index in [4.69, 9.17) is 15.2 Å². The average molecular weight is 744 g/mol. The second kappa shape index (κ2) is 15.2. The van der Waals surface area contributed by atoms with Crippen LogP contribution in [0.5, 0.6) is 0 Å². The molecule has 3 fully saturated rings. The molecule has 0 spiro atoms. The molecule has 1 saturated heterocycles. The van der Waals surface area contributed by atoms with Gasteiger partial charge in [-0.3, -0.25) is 28.8 Å². The van der Waals surface area contributed by atoms with Crippen molar-refractivity contribution in [2.75, 3.05) is 6.54 Å². The standard InChI is InChI=1S/C31H41N5O7S.C6H12O2/c1-30(13-14-30)44(41,42)34-28(39)31-16-22(31)11-5-3-2-4-6-12-24(32)27(38)36-19-23(15-25(36)26(37)33-31)43-29(40)35-17-20-9-7-8-10-21(20)18-35;1-5(7)8-6(2,3)4/h5,7-11,22-25H,2-4,6,12-19,32H2,1H3,(H,33,37)(H,34,39);1-4H3/b11-5-;/t22-,23-,24+,25+,31-;/m1./s1. The van der Waals surface area contributed by atoms with Crippen LogP contribution in [0.1, 0.15) is 104 Å². The summed E-state index contributed by atoms with van der Waals surface area (Å²) in [7, 11) is -3.93. The normalized spacial score (nSPS) is 29.0.